The molecule has 90 valence electrons. The van der Waals surface area contributed by atoms with Crippen LogP contribution in [0.3, 0.4) is 0 Å². The van der Waals surface area contributed by atoms with Crippen LogP contribution in [0.4, 0.5) is 4.79 Å². The van der Waals surface area contributed by atoms with Crippen LogP contribution >= 0.6 is 0 Å². The molecule has 1 saturated carbocycles. The van der Waals surface area contributed by atoms with Gasteiger partial charge in [-0.3, -0.25) is 9.69 Å². The molecular weight excluding hydrogens is 204 g/mol. The molecule has 2 fully saturated rings. The maximum absolute atomic E-state index is 11.8. The van der Waals surface area contributed by atoms with Gasteiger partial charge in [0, 0.05) is 18.5 Å². The zero-order valence-corrected chi connectivity index (χ0v) is 10.2. The molecule has 1 aliphatic carbocycles. The number of imide groups is 1. The minimum Gasteiger partial charge on any atom is -0.334 e. The highest BCUT2D eigenvalue weighted by Crippen LogP contribution is 2.31. The molecule has 2 aliphatic rings. The van der Waals surface area contributed by atoms with E-state index in [9.17, 15) is 9.59 Å². The van der Waals surface area contributed by atoms with Gasteiger partial charge in [0.2, 0.25) is 5.91 Å². The Morgan fingerprint density at radius 2 is 1.94 bits per heavy atom. The Balaban J connectivity index is 1.98. The normalized spacial score (nSPS) is 26.9. The van der Waals surface area contributed by atoms with E-state index in [2.05, 4.69) is 26.1 Å². The molecule has 1 atom stereocenters. The second kappa shape index (κ2) is 3.75. The Morgan fingerprint density at radius 3 is 2.38 bits per heavy atom. The fraction of sp³-hybridized carbons (Fsp3) is 0.833. The van der Waals surface area contributed by atoms with Gasteiger partial charge in [-0.15, -0.1) is 0 Å². The maximum atomic E-state index is 11.8. The molecule has 0 aromatic heterocycles. The fourth-order valence-electron chi connectivity index (χ4n) is 2.28. The van der Waals surface area contributed by atoms with E-state index >= 15 is 0 Å². The van der Waals surface area contributed by atoms with Crippen molar-refractivity contribution in [2.75, 3.05) is 0 Å². The lowest BCUT2D eigenvalue weighted by Gasteiger charge is -2.34. The average Bonchev–Trinajstić information content (AvgIpc) is 2.82. The number of urea groups is 1. The van der Waals surface area contributed by atoms with Crippen molar-refractivity contribution in [2.45, 2.75) is 58.5 Å². The molecule has 0 radical (unpaired) electrons. The summed E-state index contributed by atoms with van der Waals surface area (Å²) in [5, 5.41) is 2.94. The lowest BCUT2D eigenvalue weighted by atomic mass is 9.86. The monoisotopic (exact) mass is 224 g/mol. The average molecular weight is 224 g/mol. The molecule has 2 rings (SSSR count). The number of nitrogens with one attached hydrogen (secondary N) is 1. The number of amides is 3. The van der Waals surface area contributed by atoms with Gasteiger partial charge in [-0.2, -0.15) is 0 Å². The summed E-state index contributed by atoms with van der Waals surface area (Å²) in [5.41, 5.74) is 0.139. The third-order valence-electron chi connectivity index (χ3n) is 3.01. The van der Waals surface area contributed by atoms with Crippen LogP contribution in [0, 0.1) is 5.41 Å². The van der Waals surface area contributed by atoms with E-state index in [0.29, 0.717) is 6.42 Å². The number of carbonyl (C=O) groups is 2. The molecule has 0 aromatic carbocycles. The van der Waals surface area contributed by atoms with Gasteiger partial charge < -0.3 is 5.32 Å². The van der Waals surface area contributed by atoms with Crippen LogP contribution in [0.5, 0.6) is 0 Å². The summed E-state index contributed by atoms with van der Waals surface area (Å²) >= 11 is 0. The molecule has 0 aromatic rings. The van der Waals surface area contributed by atoms with Crippen molar-refractivity contribution in [3.05, 3.63) is 0 Å². The summed E-state index contributed by atoms with van der Waals surface area (Å²) in [6, 6.07) is 0.00564. The first-order valence-corrected chi connectivity index (χ1v) is 5.99. The third-order valence-corrected chi connectivity index (χ3v) is 3.01. The molecule has 16 heavy (non-hydrogen) atoms. The minimum atomic E-state index is -0.187. The number of hydrogen-bond donors (Lipinski definition) is 1. The number of nitrogens with zero attached hydrogens (tertiary/aromatic N) is 1. The molecule has 1 heterocycles. The molecule has 1 unspecified atom stereocenters. The van der Waals surface area contributed by atoms with Crippen molar-refractivity contribution in [3.8, 4) is 0 Å². The van der Waals surface area contributed by atoms with Gasteiger partial charge in [0.1, 0.15) is 0 Å². The highest BCUT2D eigenvalue weighted by Gasteiger charge is 2.41. The van der Waals surface area contributed by atoms with E-state index in [1.165, 1.54) is 4.90 Å². The van der Waals surface area contributed by atoms with Crippen LogP contribution in [0.15, 0.2) is 0 Å². The molecule has 4 heteroatoms. The van der Waals surface area contributed by atoms with Crippen LogP contribution in [0.25, 0.3) is 0 Å². The Bertz CT molecular complexity index is 297. The highest BCUT2D eigenvalue weighted by molar-refractivity contribution is 5.98. The summed E-state index contributed by atoms with van der Waals surface area (Å²) in [6.45, 7) is 6.37. The summed E-state index contributed by atoms with van der Waals surface area (Å²) < 4.78 is 0. The summed E-state index contributed by atoms with van der Waals surface area (Å²) in [5.74, 6) is 0.000463. The quantitative estimate of drug-likeness (QED) is 0.778. The predicted octanol–water partition coefficient (Wildman–Crippen LogP) is 1.90. The van der Waals surface area contributed by atoms with Crippen molar-refractivity contribution in [2.24, 2.45) is 5.41 Å². The van der Waals surface area contributed by atoms with Crippen molar-refractivity contribution in [1.82, 2.24) is 10.2 Å². The van der Waals surface area contributed by atoms with Crippen molar-refractivity contribution < 1.29 is 9.59 Å². The Kier molecular flexibility index (Phi) is 2.68. The summed E-state index contributed by atoms with van der Waals surface area (Å²) in [4.78, 5) is 25.0. The molecular formula is C12H20N2O2. The van der Waals surface area contributed by atoms with Gasteiger partial charge in [-0.1, -0.05) is 20.8 Å². The van der Waals surface area contributed by atoms with E-state index in [4.69, 9.17) is 0 Å². The predicted molar refractivity (Wildman–Crippen MR) is 60.9 cm³/mol. The van der Waals surface area contributed by atoms with Crippen LogP contribution in [0.1, 0.15) is 46.5 Å². The van der Waals surface area contributed by atoms with E-state index in [1.54, 1.807) is 0 Å². The SMILES string of the molecule is CC(C)(C)CC1CC(=O)N(C2CC2)C(=O)N1. The summed E-state index contributed by atoms with van der Waals surface area (Å²) in [7, 11) is 0. The molecule has 0 bridgehead atoms. The lowest BCUT2D eigenvalue weighted by Crippen LogP contribution is -2.56. The molecule has 3 amide bonds. The van der Waals surface area contributed by atoms with Crippen molar-refractivity contribution >= 4 is 11.9 Å². The second-order valence-corrected chi connectivity index (χ2v) is 6.11. The smallest absolute Gasteiger partial charge is 0.324 e. The number of hydrogen-bond acceptors (Lipinski definition) is 2. The standard InChI is InChI=1S/C12H20N2O2/c1-12(2,3)7-8-6-10(15)14(9-4-5-9)11(16)13-8/h8-9H,4-7H2,1-3H3,(H,13,16). The molecule has 4 nitrogen and oxygen atoms in total. The Hall–Kier alpha value is -1.06. The lowest BCUT2D eigenvalue weighted by molar-refractivity contribution is -0.130. The maximum Gasteiger partial charge on any atom is 0.324 e. The van der Waals surface area contributed by atoms with Crippen molar-refractivity contribution in [3.63, 3.8) is 0 Å². The van der Waals surface area contributed by atoms with Gasteiger partial charge >= 0.3 is 6.03 Å². The van der Waals surface area contributed by atoms with Crippen molar-refractivity contribution in [1.29, 1.82) is 0 Å². The molecule has 1 N–H and O–H groups in total. The van der Waals surface area contributed by atoms with E-state index in [1.807, 2.05) is 0 Å². The highest BCUT2D eigenvalue weighted by atomic mass is 16.2. The van der Waals surface area contributed by atoms with Gasteiger partial charge in [-0.05, 0) is 24.7 Å². The Labute approximate surface area is 96.4 Å². The van der Waals surface area contributed by atoms with Gasteiger partial charge in [0.05, 0.1) is 0 Å². The van der Waals surface area contributed by atoms with E-state index in [-0.39, 0.29) is 29.4 Å². The first-order chi connectivity index (χ1) is 7.37. The minimum absolute atomic E-state index is 0.000463. The van der Waals surface area contributed by atoms with Crippen LogP contribution < -0.4 is 5.32 Å². The van der Waals surface area contributed by atoms with E-state index in [0.717, 1.165) is 19.3 Å². The van der Waals surface area contributed by atoms with Crippen LogP contribution in [0.2, 0.25) is 0 Å². The van der Waals surface area contributed by atoms with Gasteiger partial charge in [0.15, 0.2) is 0 Å². The number of rotatable bonds is 2. The Morgan fingerprint density at radius 1 is 1.31 bits per heavy atom. The topological polar surface area (TPSA) is 49.4 Å². The first kappa shape index (κ1) is 11.4. The van der Waals surface area contributed by atoms with Crippen LogP contribution in [-0.2, 0) is 4.79 Å². The molecule has 1 aliphatic heterocycles. The fourth-order valence-corrected chi connectivity index (χ4v) is 2.28. The zero-order chi connectivity index (χ0) is 11.9. The zero-order valence-electron chi connectivity index (χ0n) is 10.2. The largest absolute Gasteiger partial charge is 0.334 e. The van der Waals surface area contributed by atoms with Crippen LogP contribution in [-0.4, -0.2) is 28.9 Å². The van der Waals surface area contributed by atoms with Gasteiger partial charge in [0.25, 0.3) is 0 Å². The summed E-state index contributed by atoms with van der Waals surface area (Å²) in [6.07, 6.45) is 3.26. The second-order valence-electron chi connectivity index (χ2n) is 6.11. The van der Waals surface area contributed by atoms with E-state index < -0.39 is 0 Å². The number of carbonyl (C=O) groups excluding carboxylic acids is 2. The first-order valence-electron chi connectivity index (χ1n) is 5.99. The molecule has 1 saturated heterocycles. The molecule has 0 spiro atoms. The van der Waals surface area contributed by atoms with Gasteiger partial charge in [-0.25, -0.2) is 4.79 Å². The third kappa shape index (κ3) is 2.54.